The summed E-state index contributed by atoms with van der Waals surface area (Å²) in [5, 5.41) is 6.52. The predicted molar refractivity (Wildman–Crippen MR) is 87.8 cm³/mol. The largest absolute Gasteiger partial charge is 0.360 e. The Morgan fingerprint density at radius 2 is 2.35 bits per heavy atom. The van der Waals surface area contributed by atoms with Crippen molar-refractivity contribution in [3.63, 3.8) is 0 Å². The molecule has 1 atom stereocenters. The van der Waals surface area contributed by atoms with Gasteiger partial charge in [-0.25, -0.2) is 0 Å². The van der Waals surface area contributed by atoms with Crippen LogP contribution < -0.4 is 5.32 Å². The molecule has 1 N–H and O–H groups in total. The number of fused-ring (bicyclic) bond motifs is 1. The second-order valence-electron chi connectivity index (χ2n) is 5.73. The van der Waals surface area contributed by atoms with Crippen LogP contribution in [0.1, 0.15) is 29.3 Å². The van der Waals surface area contributed by atoms with Crippen LogP contribution in [-0.4, -0.2) is 29.1 Å². The number of terminal acetylenes is 1. The third-order valence-electron chi connectivity index (χ3n) is 4.08. The summed E-state index contributed by atoms with van der Waals surface area (Å²) in [6.45, 7) is 2.45. The van der Waals surface area contributed by atoms with E-state index in [0.29, 0.717) is 18.1 Å². The number of hydrogen-bond donors (Lipinski definition) is 1. The van der Waals surface area contributed by atoms with Gasteiger partial charge >= 0.3 is 0 Å². The molecule has 118 valence electrons. The van der Waals surface area contributed by atoms with Gasteiger partial charge in [-0.15, -0.1) is 6.42 Å². The molecule has 5 heteroatoms. The summed E-state index contributed by atoms with van der Waals surface area (Å²) in [5.41, 5.74) is 2.61. The van der Waals surface area contributed by atoms with E-state index in [9.17, 15) is 4.79 Å². The fourth-order valence-electron chi connectivity index (χ4n) is 3.10. The molecule has 1 aliphatic rings. The summed E-state index contributed by atoms with van der Waals surface area (Å²) in [6.07, 6.45) is 7.50. The Hall–Kier alpha value is -2.58. The lowest BCUT2D eigenvalue weighted by atomic mass is 10.1. The molecule has 0 spiro atoms. The number of rotatable bonds is 5. The van der Waals surface area contributed by atoms with E-state index in [2.05, 4.69) is 28.5 Å². The maximum absolute atomic E-state index is 12.3. The Labute approximate surface area is 135 Å². The number of hydrogen-bond acceptors (Lipinski definition) is 4. The van der Waals surface area contributed by atoms with E-state index >= 15 is 0 Å². The van der Waals surface area contributed by atoms with Crippen molar-refractivity contribution in [2.45, 2.75) is 25.8 Å². The van der Waals surface area contributed by atoms with Crippen molar-refractivity contribution >= 4 is 11.7 Å². The zero-order chi connectivity index (χ0) is 16.2. The molecule has 23 heavy (non-hydrogen) atoms. The molecule has 2 aromatic rings. The van der Waals surface area contributed by atoms with Crippen molar-refractivity contribution in [2.75, 3.05) is 18.4 Å². The first kappa shape index (κ1) is 15.3. The van der Waals surface area contributed by atoms with Crippen LogP contribution in [0.5, 0.6) is 0 Å². The fraction of sp³-hybridized carbons (Fsp3) is 0.333. The van der Waals surface area contributed by atoms with Crippen molar-refractivity contribution in [1.29, 1.82) is 0 Å². The minimum atomic E-state index is -0.141. The zero-order valence-corrected chi connectivity index (χ0v) is 13.1. The second kappa shape index (κ2) is 6.67. The summed E-state index contributed by atoms with van der Waals surface area (Å²) in [5.74, 6) is 3.61. The van der Waals surface area contributed by atoms with Crippen LogP contribution in [0.4, 0.5) is 5.82 Å². The number of aromatic nitrogens is 1. The molecule has 5 nitrogen and oxygen atoms in total. The second-order valence-corrected chi connectivity index (χ2v) is 5.73. The van der Waals surface area contributed by atoms with Gasteiger partial charge in [0.2, 0.25) is 5.91 Å². The van der Waals surface area contributed by atoms with Gasteiger partial charge in [0, 0.05) is 12.1 Å². The molecule has 1 amide bonds. The van der Waals surface area contributed by atoms with Gasteiger partial charge in [-0.3, -0.25) is 9.69 Å². The predicted octanol–water partition coefficient (Wildman–Crippen LogP) is 2.54. The molecule has 1 aromatic carbocycles. The quantitative estimate of drug-likeness (QED) is 0.862. The molecule has 0 aliphatic heterocycles. The average molecular weight is 309 g/mol. The first-order chi connectivity index (χ1) is 11.2. The van der Waals surface area contributed by atoms with Crippen LogP contribution in [0.25, 0.3) is 0 Å². The summed E-state index contributed by atoms with van der Waals surface area (Å²) >= 11 is 0. The molecular formula is C18H19N3O2. The molecule has 0 unspecified atom stereocenters. The van der Waals surface area contributed by atoms with Crippen molar-refractivity contribution in [2.24, 2.45) is 0 Å². The molecular weight excluding hydrogens is 290 g/mol. The maximum atomic E-state index is 12.3. The van der Waals surface area contributed by atoms with E-state index in [1.54, 1.807) is 13.0 Å². The molecule has 0 saturated heterocycles. The van der Waals surface area contributed by atoms with Gasteiger partial charge < -0.3 is 9.84 Å². The van der Waals surface area contributed by atoms with Crippen LogP contribution in [0, 0.1) is 19.3 Å². The first-order valence-electron chi connectivity index (χ1n) is 7.66. The lowest BCUT2D eigenvalue weighted by molar-refractivity contribution is -0.117. The van der Waals surface area contributed by atoms with Gasteiger partial charge in [-0.1, -0.05) is 35.3 Å². The van der Waals surface area contributed by atoms with Gasteiger partial charge in [-0.05, 0) is 30.9 Å². The third kappa shape index (κ3) is 3.43. The van der Waals surface area contributed by atoms with Gasteiger partial charge in [0.1, 0.15) is 5.76 Å². The maximum Gasteiger partial charge on any atom is 0.239 e. The van der Waals surface area contributed by atoms with Crippen LogP contribution in [0.2, 0.25) is 0 Å². The average Bonchev–Trinajstić information content (AvgIpc) is 3.13. The molecule has 0 bridgehead atoms. The smallest absolute Gasteiger partial charge is 0.239 e. The summed E-state index contributed by atoms with van der Waals surface area (Å²) in [4.78, 5) is 14.3. The highest BCUT2D eigenvalue weighted by Crippen LogP contribution is 2.35. The minimum Gasteiger partial charge on any atom is -0.360 e. The number of benzene rings is 1. The monoisotopic (exact) mass is 309 g/mol. The first-order valence-corrected chi connectivity index (χ1v) is 7.66. The highest BCUT2D eigenvalue weighted by Gasteiger charge is 2.28. The van der Waals surface area contributed by atoms with Gasteiger partial charge in [0.25, 0.3) is 0 Å². The van der Waals surface area contributed by atoms with Crippen LogP contribution >= 0.6 is 0 Å². The third-order valence-corrected chi connectivity index (χ3v) is 4.08. The van der Waals surface area contributed by atoms with E-state index in [1.165, 1.54) is 11.1 Å². The zero-order valence-electron chi connectivity index (χ0n) is 13.1. The molecule has 1 aromatic heterocycles. The summed E-state index contributed by atoms with van der Waals surface area (Å²) in [7, 11) is 0. The van der Waals surface area contributed by atoms with Crippen LogP contribution in [0.3, 0.4) is 0 Å². The van der Waals surface area contributed by atoms with Crippen LogP contribution in [0.15, 0.2) is 34.9 Å². The lowest BCUT2D eigenvalue weighted by Gasteiger charge is -2.27. The van der Waals surface area contributed by atoms with E-state index in [-0.39, 0.29) is 18.5 Å². The fourth-order valence-corrected chi connectivity index (χ4v) is 3.10. The highest BCUT2D eigenvalue weighted by atomic mass is 16.5. The number of carbonyl (C=O) groups excluding carboxylic acids is 1. The Bertz CT molecular complexity index is 745. The number of carbonyl (C=O) groups is 1. The molecule has 0 radical (unpaired) electrons. The van der Waals surface area contributed by atoms with Crippen LogP contribution in [-0.2, 0) is 11.2 Å². The molecule has 1 aliphatic carbocycles. The number of amides is 1. The molecule has 0 saturated carbocycles. The number of nitrogens with zero attached hydrogens (tertiary/aromatic N) is 2. The van der Waals surface area contributed by atoms with E-state index in [1.807, 2.05) is 17.0 Å². The highest BCUT2D eigenvalue weighted by molar-refractivity contribution is 5.91. The summed E-state index contributed by atoms with van der Waals surface area (Å²) in [6, 6.07) is 10.2. The van der Waals surface area contributed by atoms with Gasteiger partial charge in [0.05, 0.1) is 13.1 Å². The Kier molecular flexibility index (Phi) is 4.45. The number of aryl methyl sites for hydroxylation is 2. The van der Waals surface area contributed by atoms with E-state index in [4.69, 9.17) is 10.9 Å². The van der Waals surface area contributed by atoms with Crippen molar-refractivity contribution < 1.29 is 9.32 Å². The van der Waals surface area contributed by atoms with E-state index < -0.39 is 0 Å². The van der Waals surface area contributed by atoms with Crippen molar-refractivity contribution in [1.82, 2.24) is 10.1 Å². The SMILES string of the molecule is C#CCN(CC(=O)Nc1cc(C)on1)[C@@H]1CCc2ccccc21. The molecule has 0 fully saturated rings. The van der Waals surface area contributed by atoms with E-state index in [0.717, 1.165) is 12.8 Å². The number of nitrogens with one attached hydrogen (secondary N) is 1. The van der Waals surface area contributed by atoms with Crippen molar-refractivity contribution in [3.8, 4) is 12.3 Å². The molecule has 3 rings (SSSR count). The molecule has 1 heterocycles. The topological polar surface area (TPSA) is 58.4 Å². The van der Waals surface area contributed by atoms with Gasteiger partial charge in [0.15, 0.2) is 5.82 Å². The normalized spacial score (nSPS) is 16.1. The minimum absolute atomic E-state index is 0.141. The van der Waals surface area contributed by atoms with Crippen molar-refractivity contribution in [3.05, 3.63) is 47.2 Å². The number of anilines is 1. The standard InChI is InChI=1S/C18H19N3O2/c1-3-10-21(12-18(22)19-17-11-13(2)23-20-17)16-9-8-14-6-4-5-7-15(14)16/h1,4-7,11,16H,8-10,12H2,2H3,(H,19,20,22)/t16-/m1/s1. The Balaban J connectivity index is 1.70. The Morgan fingerprint density at radius 1 is 1.52 bits per heavy atom. The summed E-state index contributed by atoms with van der Waals surface area (Å²) < 4.78 is 4.95. The van der Waals surface area contributed by atoms with Gasteiger partial charge in [-0.2, -0.15) is 0 Å². The lowest BCUT2D eigenvalue weighted by Crippen LogP contribution is -2.36. The Morgan fingerprint density at radius 3 is 3.09 bits per heavy atom.